The van der Waals surface area contributed by atoms with Crippen molar-refractivity contribution in [3.8, 4) is 5.75 Å². The van der Waals surface area contributed by atoms with E-state index in [1.165, 1.54) is 0 Å². The molecule has 0 radical (unpaired) electrons. The number of methoxy groups -OCH3 is 1. The Kier molecular flexibility index (Phi) is 10.8. The first kappa shape index (κ1) is 31.3. The number of hydrogen-bond donors (Lipinski definition) is 2. The number of carbonyl (C=O) groups excluding carboxylic acids is 4. The molecule has 2 N–H and O–H groups in total. The van der Waals surface area contributed by atoms with Gasteiger partial charge in [-0.2, -0.15) is 0 Å². The van der Waals surface area contributed by atoms with E-state index in [9.17, 15) is 19.2 Å². The third kappa shape index (κ3) is 8.95. The molecule has 0 aliphatic carbocycles. The van der Waals surface area contributed by atoms with Crippen LogP contribution >= 0.6 is 0 Å². The van der Waals surface area contributed by atoms with Crippen molar-refractivity contribution in [2.75, 3.05) is 46.6 Å². The highest BCUT2D eigenvalue weighted by Crippen LogP contribution is 2.29. The minimum absolute atomic E-state index is 0.100. The van der Waals surface area contributed by atoms with Gasteiger partial charge < -0.3 is 24.8 Å². The van der Waals surface area contributed by atoms with Crippen LogP contribution in [0.25, 0.3) is 0 Å². The topological polar surface area (TPSA) is 127 Å². The molecular weight excluding hydrogens is 538 g/mol. The quantitative estimate of drug-likeness (QED) is 0.306. The van der Waals surface area contributed by atoms with Gasteiger partial charge >= 0.3 is 0 Å². The van der Waals surface area contributed by atoms with Crippen molar-refractivity contribution in [2.24, 2.45) is 5.92 Å². The summed E-state index contributed by atoms with van der Waals surface area (Å²) < 4.78 is 16.0. The number of rotatable bonds is 15. The monoisotopic (exact) mass is 579 g/mol. The maximum absolute atomic E-state index is 13.8. The van der Waals surface area contributed by atoms with Crippen molar-refractivity contribution < 1.29 is 33.4 Å². The Morgan fingerprint density at radius 2 is 1.60 bits per heavy atom. The van der Waals surface area contributed by atoms with E-state index < -0.39 is 29.5 Å². The Labute approximate surface area is 247 Å². The van der Waals surface area contributed by atoms with Gasteiger partial charge in [0.15, 0.2) is 11.6 Å². The maximum Gasteiger partial charge on any atom is 0.234 e. The molecule has 42 heavy (non-hydrogen) atoms. The number of epoxide rings is 1. The van der Waals surface area contributed by atoms with E-state index in [1.807, 2.05) is 47.4 Å². The number of nitrogens with one attached hydrogen (secondary N) is 2. The number of morpholine rings is 1. The lowest BCUT2D eigenvalue weighted by Crippen LogP contribution is -2.50. The minimum atomic E-state index is -0.923. The first-order valence-electron chi connectivity index (χ1n) is 14.4. The van der Waals surface area contributed by atoms with E-state index >= 15 is 0 Å². The number of ether oxygens (including phenoxy) is 3. The SMILES string of the molecule is COc1ccc(C[C@H](CC(=O)[C@H](C)NC(=O)CN2CCOCC2)C(=O)N[C@@H](Cc2ccccc2)C(=O)C2(C)CO2)cc1. The highest BCUT2D eigenvalue weighted by atomic mass is 16.6. The predicted octanol–water partition coefficient (Wildman–Crippen LogP) is 1.74. The zero-order valence-electron chi connectivity index (χ0n) is 24.6. The fourth-order valence-electron chi connectivity index (χ4n) is 5.02. The van der Waals surface area contributed by atoms with Gasteiger partial charge in [-0.25, -0.2) is 0 Å². The normalized spacial score (nSPS) is 20.5. The lowest BCUT2D eigenvalue weighted by Gasteiger charge is -2.27. The summed E-state index contributed by atoms with van der Waals surface area (Å²) in [6.07, 6.45) is 0.481. The van der Waals surface area contributed by atoms with Gasteiger partial charge in [0.05, 0.1) is 45.6 Å². The third-order valence-electron chi connectivity index (χ3n) is 7.81. The molecule has 4 rings (SSSR count). The molecule has 2 fully saturated rings. The number of nitrogens with zero attached hydrogens (tertiary/aromatic N) is 1. The molecule has 0 bridgehead atoms. The second-order valence-corrected chi connectivity index (χ2v) is 11.2. The van der Waals surface area contributed by atoms with Gasteiger partial charge in [0.2, 0.25) is 11.8 Å². The van der Waals surface area contributed by atoms with E-state index in [4.69, 9.17) is 14.2 Å². The molecule has 10 nitrogen and oxygen atoms in total. The summed E-state index contributed by atoms with van der Waals surface area (Å²) in [6.45, 7) is 6.31. The zero-order valence-corrected chi connectivity index (χ0v) is 24.6. The second kappa shape index (κ2) is 14.5. The van der Waals surface area contributed by atoms with E-state index in [-0.39, 0.29) is 36.9 Å². The van der Waals surface area contributed by atoms with Crippen molar-refractivity contribution in [3.05, 3.63) is 65.7 Å². The fraction of sp³-hybridized carbons (Fsp3) is 0.500. The number of hydrogen-bond acceptors (Lipinski definition) is 8. The lowest BCUT2D eigenvalue weighted by atomic mass is 9.89. The van der Waals surface area contributed by atoms with E-state index in [2.05, 4.69) is 10.6 Å². The summed E-state index contributed by atoms with van der Waals surface area (Å²) in [5, 5.41) is 5.72. The summed E-state index contributed by atoms with van der Waals surface area (Å²) in [4.78, 5) is 55.0. The average molecular weight is 580 g/mol. The maximum atomic E-state index is 13.8. The Morgan fingerprint density at radius 1 is 0.952 bits per heavy atom. The van der Waals surface area contributed by atoms with E-state index in [1.54, 1.807) is 33.1 Å². The molecule has 2 heterocycles. The van der Waals surface area contributed by atoms with E-state index in [0.717, 1.165) is 11.1 Å². The zero-order chi connectivity index (χ0) is 30.1. The molecule has 1 unspecified atom stereocenters. The highest BCUT2D eigenvalue weighted by Gasteiger charge is 2.50. The van der Waals surface area contributed by atoms with Gasteiger partial charge in [0.25, 0.3) is 0 Å². The summed E-state index contributed by atoms with van der Waals surface area (Å²) in [5.74, 6) is -1.19. The molecule has 2 aliphatic heterocycles. The van der Waals surface area contributed by atoms with Crippen LogP contribution < -0.4 is 15.4 Å². The molecule has 0 aromatic heterocycles. The van der Waals surface area contributed by atoms with Crippen molar-refractivity contribution in [1.82, 2.24) is 15.5 Å². The molecular formula is C32H41N3O7. The van der Waals surface area contributed by atoms with Gasteiger partial charge in [-0.15, -0.1) is 0 Å². The Hall–Kier alpha value is -3.60. The van der Waals surface area contributed by atoms with Crippen LogP contribution in [0, 0.1) is 5.92 Å². The fourth-order valence-corrected chi connectivity index (χ4v) is 5.02. The molecule has 10 heteroatoms. The molecule has 0 saturated carbocycles. The van der Waals surface area contributed by atoms with Crippen LogP contribution in [0.2, 0.25) is 0 Å². The summed E-state index contributed by atoms with van der Waals surface area (Å²) >= 11 is 0. The second-order valence-electron chi connectivity index (χ2n) is 11.2. The van der Waals surface area contributed by atoms with Crippen molar-refractivity contribution in [3.63, 3.8) is 0 Å². The first-order chi connectivity index (χ1) is 20.2. The minimum Gasteiger partial charge on any atom is -0.497 e. The van der Waals surface area contributed by atoms with Crippen LogP contribution in [0.15, 0.2) is 54.6 Å². The standard InChI is InChI=1S/C32H41N3O7/c1-22(33-29(37)20-35-13-15-41-16-14-35)28(36)19-25(17-24-9-11-26(40-3)12-10-24)31(39)34-27(30(38)32(2)21-42-32)18-23-7-5-4-6-8-23/h4-12,22,25,27H,13-21H2,1-3H3,(H,33,37)(H,34,39)/t22-,25+,27-,32?/m0/s1. The first-order valence-corrected chi connectivity index (χ1v) is 14.4. The van der Waals surface area contributed by atoms with Gasteiger partial charge in [-0.1, -0.05) is 42.5 Å². The van der Waals surface area contributed by atoms with Crippen LogP contribution in [0.3, 0.4) is 0 Å². The largest absolute Gasteiger partial charge is 0.497 e. The molecule has 2 amide bonds. The van der Waals surface area contributed by atoms with Gasteiger partial charge in [-0.05, 0) is 49.9 Å². The Bertz CT molecular complexity index is 1220. The molecule has 226 valence electrons. The van der Waals surface area contributed by atoms with Crippen molar-refractivity contribution in [2.45, 2.75) is 50.8 Å². The van der Waals surface area contributed by atoms with Crippen molar-refractivity contribution >= 4 is 23.4 Å². The number of Topliss-reactive ketones (excluding diaryl/α,β-unsaturated/α-hetero) is 2. The molecule has 0 spiro atoms. The molecule has 2 aromatic rings. The van der Waals surface area contributed by atoms with Crippen LogP contribution in [0.4, 0.5) is 0 Å². The number of carbonyl (C=O) groups is 4. The number of amides is 2. The molecule has 2 saturated heterocycles. The number of ketones is 2. The smallest absolute Gasteiger partial charge is 0.234 e. The van der Waals surface area contributed by atoms with Gasteiger partial charge in [0, 0.05) is 25.4 Å². The molecule has 2 aromatic carbocycles. The van der Waals surface area contributed by atoms with Gasteiger partial charge in [-0.3, -0.25) is 24.1 Å². The summed E-state index contributed by atoms with van der Waals surface area (Å²) in [5.41, 5.74) is 0.823. The van der Waals surface area contributed by atoms with Gasteiger partial charge in [0.1, 0.15) is 11.4 Å². The highest BCUT2D eigenvalue weighted by molar-refractivity contribution is 5.98. The van der Waals surface area contributed by atoms with E-state index in [0.29, 0.717) is 45.1 Å². The molecule has 4 atom stereocenters. The van der Waals surface area contributed by atoms with Crippen LogP contribution in [-0.2, 0) is 41.5 Å². The third-order valence-corrected chi connectivity index (χ3v) is 7.81. The Balaban J connectivity index is 1.46. The van der Waals surface area contributed by atoms with Crippen LogP contribution in [-0.4, -0.2) is 92.5 Å². The average Bonchev–Trinajstić information content (AvgIpc) is 3.75. The predicted molar refractivity (Wildman–Crippen MR) is 156 cm³/mol. The lowest BCUT2D eigenvalue weighted by molar-refractivity contribution is -0.134. The van der Waals surface area contributed by atoms with Crippen LogP contribution in [0.1, 0.15) is 31.4 Å². The Morgan fingerprint density at radius 3 is 2.21 bits per heavy atom. The molecule has 2 aliphatic rings. The number of benzene rings is 2. The van der Waals surface area contributed by atoms with Crippen molar-refractivity contribution in [1.29, 1.82) is 0 Å². The summed E-state index contributed by atoms with van der Waals surface area (Å²) in [6, 6.07) is 15.2. The van der Waals surface area contributed by atoms with Crippen LogP contribution in [0.5, 0.6) is 5.75 Å². The summed E-state index contributed by atoms with van der Waals surface area (Å²) in [7, 11) is 1.58.